The van der Waals surface area contributed by atoms with Crippen LogP contribution in [0.25, 0.3) is 0 Å². The lowest BCUT2D eigenvalue weighted by Crippen LogP contribution is -2.21. The second kappa shape index (κ2) is 7.99. The third-order valence-electron chi connectivity index (χ3n) is 3.03. The van der Waals surface area contributed by atoms with E-state index in [4.69, 9.17) is 26.3 Å². The maximum atomic E-state index is 12.0. The van der Waals surface area contributed by atoms with Crippen molar-refractivity contribution < 1.29 is 19.1 Å². The highest BCUT2D eigenvalue weighted by Gasteiger charge is 2.15. The molecule has 0 aliphatic heterocycles. The number of esters is 1. The molecule has 0 heterocycles. The van der Waals surface area contributed by atoms with E-state index in [0.29, 0.717) is 17.0 Å². The molecule has 6 nitrogen and oxygen atoms in total. The maximum Gasteiger partial charge on any atom is 0.342 e. The molecule has 0 aliphatic rings. The van der Waals surface area contributed by atoms with Crippen LogP contribution in [0.1, 0.15) is 15.9 Å². The zero-order chi connectivity index (χ0) is 17.5. The van der Waals surface area contributed by atoms with Crippen molar-refractivity contribution in [3.8, 4) is 11.8 Å². The Hall–Kier alpha value is -3.04. The lowest BCUT2D eigenvalue weighted by Gasteiger charge is -2.09. The van der Waals surface area contributed by atoms with Gasteiger partial charge >= 0.3 is 5.97 Å². The molecule has 122 valence electrons. The zero-order valence-electron chi connectivity index (χ0n) is 12.7. The van der Waals surface area contributed by atoms with Crippen LogP contribution in [0, 0.1) is 11.3 Å². The zero-order valence-corrected chi connectivity index (χ0v) is 13.5. The number of hydrogen-bond donors (Lipinski definition) is 1. The highest BCUT2D eigenvalue weighted by atomic mass is 35.5. The number of benzene rings is 2. The SMILES string of the molecule is COc1ccccc1C(=O)OCC(=O)Nc1ccc(C#N)c(Cl)c1. The normalized spacial score (nSPS) is 9.71. The summed E-state index contributed by atoms with van der Waals surface area (Å²) in [7, 11) is 1.44. The molecular formula is C17H13ClN2O4. The smallest absolute Gasteiger partial charge is 0.342 e. The fourth-order valence-electron chi connectivity index (χ4n) is 1.90. The van der Waals surface area contributed by atoms with Gasteiger partial charge in [-0.2, -0.15) is 5.26 Å². The molecule has 2 aromatic carbocycles. The summed E-state index contributed by atoms with van der Waals surface area (Å²) < 4.78 is 10.0. The molecule has 2 aromatic rings. The predicted octanol–water partition coefficient (Wildman–Crippen LogP) is 3.02. The van der Waals surface area contributed by atoms with Crippen molar-refractivity contribution in [3.05, 3.63) is 58.6 Å². The van der Waals surface area contributed by atoms with Crippen molar-refractivity contribution in [2.45, 2.75) is 0 Å². The van der Waals surface area contributed by atoms with Crippen molar-refractivity contribution in [1.29, 1.82) is 5.26 Å². The van der Waals surface area contributed by atoms with Crippen molar-refractivity contribution in [2.75, 3.05) is 19.0 Å². The van der Waals surface area contributed by atoms with E-state index in [0.717, 1.165) is 0 Å². The minimum atomic E-state index is -0.666. The summed E-state index contributed by atoms with van der Waals surface area (Å²) in [4.78, 5) is 23.8. The molecule has 2 rings (SSSR count). The molecule has 0 atom stereocenters. The second-order valence-electron chi connectivity index (χ2n) is 4.63. The van der Waals surface area contributed by atoms with E-state index in [-0.39, 0.29) is 10.6 Å². The highest BCUT2D eigenvalue weighted by molar-refractivity contribution is 6.32. The standard InChI is InChI=1S/C17H13ClN2O4/c1-23-15-5-3-2-4-13(15)17(22)24-10-16(21)20-12-7-6-11(9-19)14(18)8-12/h2-8H,10H2,1H3,(H,20,21). The Balaban J connectivity index is 1.95. The Labute approximate surface area is 143 Å². The van der Waals surface area contributed by atoms with Crippen LogP contribution >= 0.6 is 11.6 Å². The van der Waals surface area contributed by atoms with Crippen LogP contribution in [-0.2, 0) is 9.53 Å². The molecule has 0 saturated carbocycles. The van der Waals surface area contributed by atoms with Crippen LogP contribution in [0.5, 0.6) is 5.75 Å². The van der Waals surface area contributed by atoms with Gasteiger partial charge in [0.25, 0.3) is 5.91 Å². The van der Waals surface area contributed by atoms with Crippen LogP contribution < -0.4 is 10.1 Å². The summed E-state index contributed by atoms with van der Waals surface area (Å²) in [5.74, 6) is -0.832. The van der Waals surface area contributed by atoms with E-state index >= 15 is 0 Å². The third kappa shape index (κ3) is 4.24. The number of nitriles is 1. The average molecular weight is 345 g/mol. The number of nitrogens with one attached hydrogen (secondary N) is 1. The number of carbonyl (C=O) groups excluding carboxylic acids is 2. The number of para-hydroxylation sites is 1. The Bertz CT molecular complexity index is 814. The van der Waals surface area contributed by atoms with E-state index < -0.39 is 18.5 Å². The van der Waals surface area contributed by atoms with Gasteiger partial charge in [-0.3, -0.25) is 4.79 Å². The van der Waals surface area contributed by atoms with E-state index in [1.165, 1.54) is 25.3 Å². The fraction of sp³-hybridized carbons (Fsp3) is 0.118. The number of methoxy groups -OCH3 is 1. The minimum Gasteiger partial charge on any atom is -0.496 e. The summed E-state index contributed by atoms with van der Waals surface area (Å²) in [6.07, 6.45) is 0. The van der Waals surface area contributed by atoms with Crippen molar-refractivity contribution in [3.63, 3.8) is 0 Å². The molecule has 0 bridgehead atoms. The number of ether oxygens (including phenoxy) is 2. The molecule has 0 spiro atoms. The molecule has 0 aliphatic carbocycles. The van der Waals surface area contributed by atoms with Gasteiger partial charge in [-0.05, 0) is 30.3 Å². The van der Waals surface area contributed by atoms with E-state index in [1.54, 1.807) is 24.3 Å². The van der Waals surface area contributed by atoms with Gasteiger partial charge < -0.3 is 14.8 Å². The molecule has 1 N–H and O–H groups in total. The van der Waals surface area contributed by atoms with Crippen molar-refractivity contribution >= 4 is 29.2 Å². The van der Waals surface area contributed by atoms with Crippen molar-refractivity contribution in [1.82, 2.24) is 0 Å². The predicted molar refractivity (Wildman–Crippen MR) is 88.1 cm³/mol. The largest absolute Gasteiger partial charge is 0.496 e. The molecule has 0 aromatic heterocycles. The van der Waals surface area contributed by atoms with Gasteiger partial charge in [0.1, 0.15) is 17.4 Å². The van der Waals surface area contributed by atoms with Gasteiger partial charge in [0.05, 0.1) is 17.7 Å². The first-order valence-electron chi connectivity index (χ1n) is 6.84. The lowest BCUT2D eigenvalue weighted by molar-refractivity contribution is -0.119. The Kier molecular flexibility index (Phi) is 5.77. The Morgan fingerprint density at radius 2 is 2.00 bits per heavy atom. The average Bonchev–Trinajstić information content (AvgIpc) is 2.59. The number of anilines is 1. The van der Waals surface area contributed by atoms with Crippen LogP contribution in [0.2, 0.25) is 5.02 Å². The summed E-state index contributed by atoms with van der Waals surface area (Å²) in [5, 5.41) is 11.5. The first kappa shape index (κ1) is 17.3. The van der Waals surface area contributed by atoms with Gasteiger partial charge in [-0.25, -0.2) is 4.79 Å². The van der Waals surface area contributed by atoms with Crippen LogP contribution in [0.4, 0.5) is 5.69 Å². The summed E-state index contributed by atoms with van der Waals surface area (Å²) in [6.45, 7) is -0.464. The van der Waals surface area contributed by atoms with Gasteiger partial charge in [0.15, 0.2) is 6.61 Å². The first-order valence-corrected chi connectivity index (χ1v) is 7.22. The van der Waals surface area contributed by atoms with Crippen LogP contribution in [0.3, 0.4) is 0 Å². The van der Waals surface area contributed by atoms with Gasteiger partial charge in [0, 0.05) is 5.69 Å². The topological polar surface area (TPSA) is 88.4 Å². The number of carbonyl (C=O) groups is 2. The molecule has 0 unspecified atom stereocenters. The second-order valence-corrected chi connectivity index (χ2v) is 5.04. The van der Waals surface area contributed by atoms with Gasteiger partial charge in [-0.1, -0.05) is 23.7 Å². The number of amides is 1. The van der Waals surface area contributed by atoms with E-state index in [9.17, 15) is 9.59 Å². The number of rotatable bonds is 5. The monoisotopic (exact) mass is 344 g/mol. The van der Waals surface area contributed by atoms with Crippen LogP contribution in [-0.4, -0.2) is 25.6 Å². The summed E-state index contributed by atoms with van der Waals surface area (Å²) >= 11 is 5.88. The maximum absolute atomic E-state index is 12.0. The number of halogens is 1. The Morgan fingerprint density at radius 1 is 1.25 bits per heavy atom. The molecular weight excluding hydrogens is 332 g/mol. The molecule has 1 amide bonds. The fourth-order valence-corrected chi connectivity index (χ4v) is 2.13. The Morgan fingerprint density at radius 3 is 2.67 bits per heavy atom. The quantitative estimate of drug-likeness (QED) is 0.842. The molecule has 24 heavy (non-hydrogen) atoms. The first-order chi connectivity index (χ1) is 11.5. The molecule has 0 radical (unpaired) electrons. The molecule has 7 heteroatoms. The third-order valence-corrected chi connectivity index (χ3v) is 3.35. The van der Waals surface area contributed by atoms with Gasteiger partial charge in [0.2, 0.25) is 0 Å². The van der Waals surface area contributed by atoms with Crippen molar-refractivity contribution in [2.24, 2.45) is 0 Å². The van der Waals surface area contributed by atoms with Crippen LogP contribution in [0.15, 0.2) is 42.5 Å². The lowest BCUT2D eigenvalue weighted by atomic mass is 10.2. The van der Waals surface area contributed by atoms with Gasteiger partial charge in [-0.15, -0.1) is 0 Å². The summed E-state index contributed by atoms with van der Waals surface area (Å²) in [5.41, 5.74) is 0.934. The number of nitrogens with zero attached hydrogens (tertiary/aromatic N) is 1. The van der Waals surface area contributed by atoms with E-state index in [2.05, 4.69) is 5.32 Å². The molecule has 0 saturated heterocycles. The number of hydrogen-bond acceptors (Lipinski definition) is 5. The summed E-state index contributed by atoms with van der Waals surface area (Å²) in [6, 6.07) is 12.9. The van der Waals surface area contributed by atoms with E-state index in [1.807, 2.05) is 6.07 Å². The minimum absolute atomic E-state index is 0.223. The molecule has 0 fully saturated rings. The highest BCUT2D eigenvalue weighted by Crippen LogP contribution is 2.20.